The van der Waals surface area contributed by atoms with E-state index in [0.29, 0.717) is 11.8 Å². The van der Waals surface area contributed by atoms with Gasteiger partial charge in [-0.2, -0.15) is 0 Å². The van der Waals surface area contributed by atoms with E-state index in [9.17, 15) is 0 Å². The van der Waals surface area contributed by atoms with Gasteiger partial charge in [-0.1, -0.05) is 31.2 Å². The Hall–Kier alpha value is -1.05. The van der Waals surface area contributed by atoms with E-state index >= 15 is 0 Å². The highest BCUT2D eigenvalue weighted by Gasteiger charge is 2.16. The van der Waals surface area contributed by atoms with Crippen LogP contribution in [0.3, 0.4) is 0 Å². The standard InChI is InChI=1S/C12H17NO/c1-9(2)11-8-12(14-13-11)10-6-4-3-5-7-10/h4,6,8-10H,3,5,7H2,1-2H3/t10-/m0/s1. The fourth-order valence-electron chi connectivity index (χ4n) is 1.80. The van der Waals surface area contributed by atoms with Gasteiger partial charge in [-0.15, -0.1) is 0 Å². The molecule has 1 aliphatic carbocycles. The molecule has 0 N–H and O–H groups in total. The molecule has 76 valence electrons. The van der Waals surface area contributed by atoms with Gasteiger partial charge in [-0.25, -0.2) is 0 Å². The highest BCUT2D eigenvalue weighted by molar-refractivity contribution is 5.18. The van der Waals surface area contributed by atoms with Gasteiger partial charge in [0.25, 0.3) is 0 Å². The normalized spacial score (nSPS) is 21.8. The maximum Gasteiger partial charge on any atom is 0.143 e. The molecule has 2 rings (SSSR count). The van der Waals surface area contributed by atoms with Gasteiger partial charge in [-0.05, 0) is 25.2 Å². The maximum absolute atomic E-state index is 5.36. The summed E-state index contributed by atoms with van der Waals surface area (Å²) in [4.78, 5) is 0. The van der Waals surface area contributed by atoms with Gasteiger partial charge in [0.1, 0.15) is 5.76 Å². The first-order valence-electron chi connectivity index (χ1n) is 5.40. The molecule has 0 bridgehead atoms. The average molecular weight is 191 g/mol. The first kappa shape index (κ1) is 9.50. The van der Waals surface area contributed by atoms with Crippen molar-refractivity contribution < 1.29 is 4.52 Å². The molecule has 0 unspecified atom stereocenters. The molecule has 0 aromatic carbocycles. The van der Waals surface area contributed by atoms with E-state index < -0.39 is 0 Å². The van der Waals surface area contributed by atoms with Gasteiger partial charge < -0.3 is 4.52 Å². The van der Waals surface area contributed by atoms with Crippen molar-refractivity contribution in [3.8, 4) is 0 Å². The Kier molecular flexibility index (Phi) is 2.71. The fraction of sp³-hybridized carbons (Fsp3) is 0.583. The third-order valence-corrected chi connectivity index (χ3v) is 2.76. The summed E-state index contributed by atoms with van der Waals surface area (Å²) < 4.78 is 5.36. The number of hydrogen-bond donors (Lipinski definition) is 0. The molecule has 0 aliphatic heterocycles. The van der Waals surface area contributed by atoms with Crippen molar-refractivity contribution in [1.29, 1.82) is 0 Å². The van der Waals surface area contributed by atoms with Crippen molar-refractivity contribution >= 4 is 0 Å². The molecule has 2 heteroatoms. The second kappa shape index (κ2) is 3.99. The molecule has 0 radical (unpaired) electrons. The van der Waals surface area contributed by atoms with Crippen LogP contribution in [0.4, 0.5) is 0 Å². The van der Waals surface area contributed by atoms with Crippen molar-refractivity contribution in [2.24, 2.45) is 0 Å². The molecule has 1 heterocycles. The van der Waals surface area contributed by atoms with Gasteiger partial charge >= 0.3 is 0 Å². The molecular weight excluding hydrogens is 174 g/mol. The molecule has 1 aromatic heterocycles. The Morgan fingerprint density at radius 3 is 2.93 bits per heavy atom. The zero-order valence-corrected chi connectivity index (χ0v) is 8.86. The Labute approximate surface area is 85.0 Å². The number of aromatic nitrogens is 1. The first-order valence-corrected chi connectivity index (χ1v) is 5.40. The SMILES string of the molecule is CC(C)c1cc([C@H]2C=CCCC2)on1. The summed E-state index contributed by atoms with van der Waals surface area (Å²) in [6, 6.07) is 2.10. The molecule has 0 saturated carbocycles. The minimum atomic E-state index is 0.458. The lowest BCUT2D eigenvalue weighted by atomic mass is 9.93. The third-order valence-electron chi connectivity index (χ3n) is 2.76. The summed E-state index contributed by atoms with van der Waals surface area (Å²) in [6.45, 7) is 4.27. The largest absolute Gasteiger partial charge is 0.361 e. The first-order chi connectivity index (χ1) is 6.77. The Bertz CT molecular complexity index is 325. The van der Waals surface area contributed by atoms with Crippen molar-refractivity contribution in [1.82, 2.24) is 5.16 Å². The quantitative estimate of drug-likeness (QED) is 0.667. The van der Waals surface area contributed by atoms with Crippen LogP contribution in [-0.2, 0) is 0 Å². The summed E-state index contributed by atoms with van der Waals surface area (Å²) >= 11 is 0. The van der Waals surface area contributed by atoms with Crippen molar-refractivity contribution in [3.05, 3.63) is 29.7 Å². The average Bonchev–Trinajstić information content (AvgIpc) is 2.68. The molecule has 1 aliphatic rings. The Morgan fingerprint density at radius 1 is 1.50 bits per heavy atom. The second-order valence-corrected chi connectivity index (χ2v) is 4.27. The van der Waals surface area contributed by atoms with Crippen molar-refractivity contribution in [2.45, 2.75) is 44.9 Å². The van der Waals surface area contributed by atoms with Crippen LogP contribution < -0.4 is 0 Å². The molecule has 0 amide bonds. The van der Waals surface area contributed by atoms with Crippen molar-refractivity contribution in [2.75, 3.05) is 0 Å². The van der Waals surface area contributed by atoms with E-state index in [1.54, 1.807) is 0 Å². The van der Waals surface area contributed by atoms with Crippen molar-refractivity contribution in [3.63, 3.8) is 0 Å². The molecule has 0 spiro atoms. The van der Waals surface area contributed by atoms with Crippen LogP contribution in [0.1, 0.15) is 56.4 Å². The van der Waals surface area contributed by atoms with Crippen LogP contribution in [0.5, 0.6) is 0 Å². The highest BCUT2D eigenvalue weighted by atomic mass is 16.5. The van der Waals surface area contributed by atoms with E-state index in [1.807, 2.05) is 0 Å². The van der Waals surface area contributed by atoms with E-state index in [1.165, 1.54) is 19.3 Å². The van der Waals surface area contributed by atoms with Gasteiger partial charge in [0.15, 0.2) is 0 Å². The molecule has 1 atom stereocenters. The fourth-order valence-corrected chi connectivity index (χ4v) is 1.80. The zero-order valence-electron chi connectivity index (χ0n) is 8.86. The number of rotatable bonds is 2. The minimum absolute atomic E-state index is 0.458. The molecule has 2 nitrogen and oxygen atoms in total. The zero-order chi connectivity index (χ0) is 9.97. The molecular formula is C12H17NO. The summed E-state index contributed by atoms with van der Waals surface area (Å²) in [6.07, 6.45) is 8.16. The van der Waals surface area contributed by atoms with Gasteiger partial charge in [0.05, 0.1) is 5.69 Å². The predicted molar refractivity (Wildman–Crippen MR) is 56.3 cm³/mol. The van der Waals surface area contributed by atoms with Crippen LogP contribution >= 0.6 is 0 Å². The van der Waals surface area contributed by atoms with E-state index in [-0.39, 0.29) is 0 Å². The summed E-state index contributed by atoms with van der Waals surface area (Å²) in [5.41, 5.74) is 1.07. The Morgan fingerprint density at radius 2 is 2.36 bits per heavy atom. The highest BCUT2D eigenvalue weighted by Crippen LogP contribution is 2.29. The van der Waals surface area contributed by atoms with Crippen LogP contribution in [0.2, 0.25) is 0 Å². The minimum Gasteiger partial charge on any atom is -0.361 e. The lowest BCUT2D eigenvalue weighted by Gasteiger charge is -2.11. The van der Waals surface area contributed by atoms with E-state index in [4.69, 9.17) is 4.52 Å². The summed E-state index contributed by atoms with van der Waals surface area (Å²) in [7, 11) is 0. The number of nitrogens with zero attached hydrogens (tertiary/aromatic N) is 1. The summed E-state index contributed by atoms with van der Waals surface area (Å²) in [5.74, 6) is 1.95. The number of allylic oxidation sites excluding steroid dienone is 2. The van der Waals surface area contributed by atoms with Gasteiger partial charge in [0, 0.05) is 12.0 Å². The lowest BCUT2D eigenvalue weighted by molar-refractivity contribution is 0.358. The molecule has 14 heavy (non-hydrogen) atoms. The van der Waals surface area contributed by atoms with E-state index in [2.05, 4.69) is 37.2 Å². The lowest BCUT2D eigenvalue weighted by Crippen LogP contribution is -1.97. The van der Waals surface area contributed by atoms with Crippen LogP contribution in [0.25, 0.3) is 0 Å². The molecule has 0 saturated heterocycles. The molecule has 0 fully saturated rings. The van der Waals surface area contributed by atoms with E-state index in [0.717, 1.165) is 11.5 Å². The topological polar surface area (TPSA) is 26.0 Å². The maximum atomic E-state index is 5.36. The van der Waals surface area contributed by atoms with Gasteiger partial charge in [-0.3, -0.25) is 0 Å². The summed E-state index contributed by atoms with van der Waals surface area (Å²) in [5, 5.41) is 4.08. The monoisotopic (exact) mass is 191 g/mol. The molecule has 1 aromatic rings. The number of hydrogen-bond acceptors (Lipinski definition) is 2. The second-order valence-electron chi connectivity index (χ2n) is 4.27. The van der Waals surface area contributed by atoms with Crippen LogP contribution in [0, 0.1) is 0 Å². The third kappa shape index (κ3) is 1.89. The smallest absolute Gasteiger partial charge is 0.143 e. The van der Waals surface area contributed by atoms with Crippen LogP contribution in [0.15, 0.2) is 22.7 Å². The van der Waals surface area contributed by atoms with Gasteiger partial charge in [0.2, 0.25) is 0 Å². The Balaban J connectivity index is 2.15. The van der Waals surface area contributed by atoms with Crippen LogP contribution in [-0.4, -0.2) is 5.16 Å². The predicted octanol–water partition coefficient (Wildman–Crippen LogP) is 3.62.